The van der Waals surface area contributed by atoms with Gasteiger partial charge in [0.1, 0.15) is 0 Å². The normalized spacial score (nSPS) is 14.2. The van der Waals surface area contributed by atoms with Crippen molar-refractivity contribution >= 4 is 12.1 Å². The van der Waals surface area contributed by atoms with Gasteiger partial charge in [-0.2, -0.15) is 0 Å². The molecule has 0 aliphatic heterocycles. The number of amides is 1. The van der Waals surface area contributed by atoms with E-state index in [0.29, 0.717) is 5.57 Å². The molecule has 3 heteroatoms. The van der Waals surface area contributed by atoms with Crippen molar-refractivity contribution < 1.29 is 4.79 Å². The Kier molecular flexibility index (Phi) is 10.8. The van der Waals surface area contributed by atoms with Crippen LogP contribution in [0, 0.1) is 0 Å². The van der Waals surface area contributed by atoms with Crippen LogP contribution in [0.2, 0.25) is 0 Å². The van der Waals surface area contributed by atoms with E-state index in [1.165, 1.54) is 0 Å². The van der Waals surface area contributed by atoms with Crippen LogP contribution in [0.15, 0.2) is 52.3 Å². The molecule has 0 aliphatic carbocycles. The quantitative estimate of drug-likeness (QED) is 0.393. The zero-order valence-corrected chi connectivity index (χ0v) is 13.9. The average Bonchev–Trinajstić information content (AvgIpc) is 2.49. The van der Waals surface area contributed by atoms with Gasteiger partial charge >= 0.3 is 0 Å². The molecule has 0 rings (SSSR count). The zero-order chi connectivity index (χ0) is 16.1. The van der Waals surface area contributed by atoms with Gasteiger partial charge in [-0.3, -0.25) is 9.79 Å². The van der Waals surface area contributed by atoms with Gasteiger partial charge in [-0.1, -0.05) is 38.5 Å². The maximum absolute atomic E-state index is 12.3. The van der Waals surface area contributed by atoms with Crippen molar-refractivity contribution in [2.45, 2.75) is 53.9 Å². The predicted octanol–water partition coefficient (Wildman–Crippen LogP) is 4.69. The number of hydrogen-bond donors (Lipinski definition) is 1. The fourth-order valence-electron chi connectivity index (χ4n) is 1.60. The van der Waals surface area contributed by atoms with Gasteiger partial charge in [0.05, 0.1) is 5.70 Å². The highest BCUT2D eigenvalue weighted by atomic mass is 16.1. The number of carbonyl (C=O) groups excluding carboxylic acids is 1. The van der Waals surface area contributed by atoms with Gasteiger partial charge in [0.2, 0.25) is 0 Å². The Labute approximate surface area is 129 Å². The largest absolute Gasteiger partial charge is 0.327 e. The first kappa shape index (κ1) is 19.1. The molecule has 3 nitrogen and oxygen atoms in total. The summed E-state index contributed by atoms with van der Waals surface area (Å²) in [4.78, 5) is 16.6. The molecule has 0 unspecified atom stereocenters. The summed E-state index contributed by atoms with van der Waals surface area (Å²) in [7, 11) is 0. The predicted molar refractivity (Wildman–Crippen MR) is 92.2 cm³/mol. The number of nitrogens with one attached hydrogen (secondary N) is 1. The summed E-state index contributed by atoms with van der Waals surface area (Å²) in [6.07, 6.45) is 13.8. The lowest BCUT2D eigenvalue weighted by atomic mass is 10.1. The number of aliphatic imine (C=N–C) groups is 1. The molecule has 0 atom stereocenters. The van der Waals surface area contributed by atoms with E-state index in [1.807, 2.05) is 58.2 Å². The SMILES string of the molecule is CC=C/C=C(/C(=O)N/C=C(\CCC)N=CCC)C(C)=CC. The Morgan fingerprint density at radius 1 is 1.24 bits per heavy atom. The summed E-state index contributed by atoms with van der Waals surface area (Å²) in [5, 5.41) is 2.84. The Bertz CT molecular complexity index is 466. The van der Waals surface area contributed by atoms with Gasteiger partial charge in [0, 0.05) is 18.0 Å². The molecule has 0 fully saturated rings. The molecule has 0 heterocycles. The van der Waals surface area contributed by atoms with E-state index in [4.69, 9.17) is 0 Å². The molecule has 0 spiro atoms. The molecule has 21 heavy (non-hydrogen) atoms. The molecular formula is C18H28N2O. The van der Waals surface area contributed by atoms with E-state index in [-0.39, 0.29) is 5.91 Å². The standard InChI is InChI=1S/C18H28N2O/c1-6-10-12-17(15(5)9-4)18(21)20-14-16(11-7-2)19-13-8-3/h6,9-10,12-14H,7-8,11H2,1-5H3,(H,20,21)/b10-6?,15-9?,16-14+,17-12+,19-13?. The van der Waals surface area contributed by atoms with E-state index in [9.17, 15) is 4.79 Å². The molecule has 0 saturated heterocycles. The Hall–Kier alpha value is -1.90. The van der Waals surface area contributed by atoms with E-state index in [1.54, 1.807) is 6.20 Å². The van der Waals surface area contributed by atoms with Gasteiger partial charge in [0.25, 0.3) is 5.91 Å². The molecule has 1 amide bonds. The second-order valence-corrected chi connectivity index (χ2v) is 4.66. The van der Waals surface area contributed by atoms with Crippen LogP contribution in [0.25, 0.3) is 0 Å². The third-order valence-corrected chi connectivity index (χ3v) is 2.87. The van der Waals surface area contributed by atoms with Crippen LogP contribution < -0.4 is 5.32 Å². The molecule has 0 bridgehead atoms. The third kappa shape index (κ3) is 8.08. The molecule has 0 aromatic heterocycles. The van der Waals surface area contributed by atoms with Crippen LogP contribution in [0.3, 0.4) is 0 Å². The van der Waals surface area contributed by atoms with Crippen molar-refractivity contribution in [2.24, 2.45) is 4.99 Å². The Morgan fingerprint density at radius 2 is 1.95 bits per heavy atom. The van der Waals surface area contributed by atoms with Crippen molar-refractivity contribution in [2.75, 3.05) is 0 Å². The van der Waals surface area contributed by atoms with Crippen molar-refractivity contribution in [1.29, 1.82) is 0 Å². The van der Waals surface area contributed by atoms with E-state index in [2.05, 4.69) is 17.2 Å². The van der Waals surface area contributed by atoms with Crippen LogP contribution in [-0.2, 0) is 4.79 Å². The smallest absolute Gasteiger partial charge is 0.255 e. The second-order valence-electron chi connectivity index (χ2n) is 4.66. The Morgan fingerprint density at radius 3 is 2.48 bits per heavy atom. The topological polar surface area (TPSA) is 41.5 Å². The highest BCUT2D eigenvalue weighted by Gasteiger charge is 2.08. The van der Waals surface area contributed by atoms with E-state index >= 15 is 0 Å². The molecule has 0 aromatic rings. The van der Waals surface area contributed by atoms with Crippen molar-refractivity contribution in [3.63, 3.8) is 0 Å². The lowest BCUT2D eigenvalue weighted by Crippen LogP contribution is -2.20. The fraction of sp³-hybridized carbons (Fsp3) is 0.444. The van der Waals surface area contributed by atoms with Gasteiger partial charge in [0.15, 0.2) is 0 Å². The molecule has 116 valence electrons. The monoisotopic (exact) mass is 288 g/mol. The molecule has 0 aromatic carbocycles. The molecule has 0 aliphatic rings. The van der Waals surface area contributed by atoms with Crippen LogP contribution >= 0.6 is 0 Å². The summed E-state index contributed by atoms with van der Waals surface area (Å²) in [6, 6.07) is 0. The maximum atomic E-state index is 12.3. The summed E-state index contributed by atoms with van der Waals surface area (Å²) >= 11 is 0. The lowest BCUT2D eigenvalue weighted by Gasteiger charge is -2.07. The van der Waals surface area contributed by atoms with Gasteiger partial charge in [-0.15, -0.1) is 0 Å². The summed E-state index contributed by atoms with van der Waals surface area (Å²) < 4.78 is 0. The number of nitrogens with zero attached hydrogens (tertiary/aromatic N) is 1. The van der Waals surface area contributed by atoms with E-state index in [0.717, 1.165) is 30.5 Å². The summed E-state index contributed by atoms with van der Waals surface area (Å²) in [6.45, 7) is 9.92. The van der Waals surface area contributed by atoms with Crippen molar-refractivity contribution in [1.82, 2.24) is 5.32 Å². The minimum atomic E-state index is -0.107. The zero-order valence-electron chi connectivity index (χ0n) is 13.9. The van der Waals surface area contributed by atoms with Gasteiger partial charge in [-0.25, -0.2) is 0 Å². The average molecular weight is 288 g/mol. The first-order valence-electron chi connectivity index (χ1n) is 7.59. The number of allylic oxidation sites excluding steroid dienone is 5. The fourth-order valence-corrected chi connectivity index (χ4v) is 1.60. The van der Waals surface area contributed by atoms with Crippen LogP contribution in [0.5, 0.6) is 0 Å². The molecule has 0 saturated carbocycles. The maximum Gasteiger partial charge on any atom is 0.255 e. The van der Waals surface area contributed by atoms with Crippen LogP contribution in [0.4, 0.5) is 0 Å². The molecule has 1 N–H and O–H groups in total. The summed E-state index contributed by atoms with van der Waals surface area (Å²) in [5.41, 5.74) is 2.52. The minimum absolute atomic E-state index is 0.107. The Balaban J connectivity index is 5.08. The summed E-state index contributed by atoms with van der Waals surface area (Å²) in [5.74, 6) is -0.107. The third-order valence-electron chi connectivity index (χ3n) is 2.87. The van der Waals surface area contributed by atoms with Crippen LogP contribution in [0.1, 0.15) is 53.9 Å². The highest BCUT2D eigenvalue weighted by Crippen LogP contribution is 2.11. The van der Waals surface area contributed by atoms with Crippen LogP contribution in [-0.4, -0.2) is 12.1 Å². The van der Waals surface area contributed by atoms with Gasteiger partial charge < -0.3 is 5.32 Å². The first-order chi connectivity index (χ1) is 10.1. The lowest BCUT2D eigenvalue weighted by molar-refractivity contribution is -0.116. The second kappa shape index (κ2) is 11.9. The first-order valence-corrected chi connectivity index (χ1v) is 7.59. The van der Waals surface area contributed by atoms with Crippen molar-refractivity contribution in [3.8, 4) is 0 Å². The molecular weight excluding hydrogens is 260 g/mol. The number of hydrogen-bond acceptors (Lipinski definition) is 2. The minimum Gasteiger partial charge on any atom is -0.327 e. The van der Waals surface area contributed by atoms with E-state index < -0.39 is 0 Å². The number of rotatable bonds is 8. The van der Waals surface area contributed by atoms with Gasteiger partial charge in [-0.05, 0) is 45.3 Å². The molecule has 0 radical (unpaired) electrons. The highest BCUT2D eigenvalue weighted by molar-refractivity contribution is 5.98. The van der Waals surface area contributed by atoms with Crippen molar-refractivity contribution in [3.05, 3.63) is 47.3 Å². The number of carbonyl (C=O) groups is 1.